The summed E-state index contributed by atoms with van der Waals surface area (Å²) in [7, 11) is 3.00. The van der Waals surface area contributed by atoms with E-state index in [1.807, 2.05) is 12.1 Å². The number of ether oxygens (including phenoxy) is 2. The van der Waals surface area contributed by atoms with Crippen molar-refractivity contribution in [2.45, 2.75) is 6.54 Å². The lowest BCUT2D eigenvalue weighted by Crippen LogP contribution is -2.27. The van der Waals surface area contributed by atoms with Gasteiger partial charge in [0.2, 0.25) is 5.91 Å². The highest BCUT2D eigenvalue weighted by Gasteiger charge is 2.12. The van der Waals surface area contributed by atoms with E-state index in [-0.39, 0.29) is 18.0 Å². The molecule has 2 aromatic carbocycles. The summed E-state index contributed by atoms with van der Waals surface area (Å²) in [6.07, 6.45) is 1.34. The van der Waals surface area contributed by atoms with Crippen molar-refractivity contribution in [3.63, 3.8) is 0 Å². The van der Waals surface area contributed by atoms with Crippen LogP contribution in [-0.2, 0) is 11.3 Å². The first-order valence-electron chi connectivity index (χ1n) is 7.68. The van der Waals surface area contributed by atoms with Crippen LogP contribution in [0.5, 0.6) is 11.5 Å². The van der Waals surface area contributed by atoms with Gasteiger partial charge in [0.05, 0.1) is 31.4 Å². The number of anilines is 1. The second kappa shape index (κ2) is 7.57. The predicted octanol–water partition coefficient (Wildman–Crippen LogP) is 2.81. The van der Waals surface area contributed by atoms with Crippen molar-refractivity contribution in [3.8, 4) is 11.5 Å². The van der Waals surface area contributed by atoms with Gasteiger partial charge < -0.3 is 14.8 Å². The molecule has 0 unspecified atom stereocenters. The molecule has 1 N–H and O–H groups in total. The van der Waals surface area contributed by atoms with Gasteiger partial charge in [-0.15, -0.1) is 0 Å². The van der Waals surface area contributed by atoms with Gasteiger partial charge >= 0.3 is 0 Å². The molecule has 0 radical (unpaired) electrons. The Bertz CT molecular complexity index is 1020. The molecule has 1 aromatic heterocycles. The smallest absolute Gasteiger partial charge is 0.261 e. The molecule has 0 aliphatic heterocycles. The number of benzene rings is 2. The van der Waals surface area contributed by atoms with Crippen LogP contribution in [0.1, 0.15) is 0 Å². The number of rotatable bonds is 5. The van der Waals surface area contributed by atoms with Gasteiger partial charge in [-0.3, -0.25) is 14.2 Å². The first kappa shape index (κ1) is 17.9. The van der Waals surface area contributed by atoms with Crippen LogP contribution in [0.15, 0.2) is 52.0 Å². The lowest BCUT2D eigenvalue weighted by atomic mass is 10.2. The number of hydrogen-bond acceptors (Lipinski definition) is 5. The summed E-state index contributed by atoms with van der Waals surface area (Å²) >= 11 is 3.33. The van der Waals surface area contributed by atoms with E-state index >= 15 is 0 Å². The molecule has 7 nitrogen and oxygen atoms in total. The Morgan fingerprint density at radius 1 is 1.15 bits per heavy atom. The van der Waals surface area contributed by atoms with Crippen LogP contribution >= 0.6 is 15.9 Å². The second-order valence-electron chi connectivity index (χ2n) is 5.46. The van der Waals surface area contributed by atoms with Gasteiger partial charge in [0, 0.05) is 16.2 Å². The molecule has 0 aliphatic rings. The van der Waals surface area contributed by atoms with Crippen LogP contribution in [0.25, 0.3) is 10.9 Å². The Morgan fingerprint density at radius 3 is 2.46 bits per heavy atom. The summed E-state index contributed by atoms with van der Waals surface area (Å²) in [5.74, 6) is 0.588. The third-order valence-electron chi connectivity index (χ3n) is 3.77. The number of methoxy groups -OCH3 is 2. The van der Waals surface area contributed by atoms with Gasteiger partial charge in [-0.1, -0.05) is 15.9 Å². The summed E-state index contributed by atoms with van der Waals surface area (Å²) in [5, 5.41) is 3.09. The van der Waals surface area contributed by atoms with Gasteiger partial charge in [0.1, 0.15) is 6.54 Å². The molecule has 8 heteroatoms. The molecular formula is C18H16BrN3O4. The van der Waals surface area contributed by atoms with Gasteiger partial charge in [-0.2, -0.15) is 0 Å². The Kier molecular flexibility index (Phi) is 5.22. The average Bonchev–Trinajstić information content (AvgIpc) is 2.65. The normalized spacial score (nSPS) is 10.6. The standard InChI is InChI=1S/C18H16BrN3O4/c1-25-15-7-13-14(8-16(15)26-2)20-10-22(18(13)24)9-17(23)21-12-5-3-11(19)4-6-12/h3-8,10H,9H2,1-2H3,(H,21,23). The van der Waals surface area contributed by atoms with E-state index in [0.717, 1.165) is 4.47 Å². The summed E-state index contributed by atoms with van der Waals surface area (Å²) in [4.78, 5) is 29.1. The van der Waals surface area contributed by atoms with Crippen molar-refractivity contribution in [2.75, 3.05) is 19.5 Å². The highest BCUT2D eigenvalue weighted by Crippen LogP contribution is 2.29. The third-order valence-corrected chi connectivity index (χ3v) is 4.30. The van der Waals surface area contributed by atoms with Crippen molar-refractivity contribution in [1.29, 1.82) is 0 Å². The highest BCUT2D eigenvalue weighted by atomic mass is 79.9. The van der Waals surface area contributed by atoms with Crippen molar-refractivity contribution >= 4 is 38.4 Å². The van der Waals surface area contributed by atoms with Gasteiger partial charge in [0.25, 0.3) is 5.56 Å². The Morgan fingerprint density at radius 2 is 1.81 bits per heavy atom. The Hall–Kier alpha value is -2.87. The van der Waals surface area contributed by atoms with Crippen molar-refractivity contribution < 1.29 is 14.3 Å². The topological polar surface area (TPSA) is 82.5 Å². The molecule has 0 saturated carbocycles. The van der Waals surface area contributed by atoms with Gasteiger partial charge in [0.15, 0.2) is 11.5 Å². The molecule has 3 rings (SSSR count). The predicted molar refractivity (Wildman–Crippen MR) is 102 cm³/mol. The van der Waals surface area contributed by atoms with E-state index in [4.69, 9.17) is 9.47 Å². The van der Waals surface area contributed by atoms with Gasteiger partial charge in [-0.25, -0.2) is 4.98 Å². The maximum absolute atomic E-state index is 12.7. The number of halogens is 1. The molecular weight excluding hydrogens is 402 g/mol. The van der Waals surface area contributed by atoms with E-state index in [9.17, 15) is 9.59 Å². The van der Waals surface area contributed by atoms with Gasteiger partial charge in [-0.05, 0) is 30.3 Å². The number of aromatic nitrogens is 2. The SMILES string of the molecule is COc1cc2ncn(CC(=O)Nc3ccc(Br)cc3)c(=O)c2cc1OC. The Labute approximate surface area is 157 Å². The fraction of sp³-hybridized carbons (Fsp3) is 0.167. The lowest BCUT2D eigenvalue weighted by molar-refractivity contribution is -0.116. The summed E-state index contributed by atoms with van der Waals surface area (Å²) in [6, 6.07) is 10.4. The molecule has 1 amide bonds. The van der Waals surface area contributed by atoms with Crippen LogP contribution in [0.4, 0.5) is 5.69 Å². The largest absolute Gasteiger partial charge is 0.493 e. The summed E-state index contributed by atoms with van der Waals surface area (Å²) in [5.41, 5.74) is 0.783. The highest BCUT2D eigenvalue weighted by molar-refractivity contribution is 9.10. The maximum atomic E-state index is 12.7. The molecule has 0 bridgehead atoms. The van der Waals surface area contributed by atoms with E-state index in [2.05, 4.69) is 26.2 Å². The monoisotopic (exact) mass is 417 g/mol. The minimum Gasteiger partial charge on any atom is -0.493 e. The van der Waals surface area contributed by atoms with Crippen molar-refractivity contribution in [3.05, 3.63) is 57.6 Å². The lowest BCUT2D eigenvalue weighted by Gasteiger charge is -2.11. The van der Waals surface area contributed by atoms with Crippen LogP contribution in [0.2, 0.25) is 0 Å². The fourth-order valence-electron chi connectivity index (χ4n) is 2.49. The van der Waals surface area contributed by atoms with Crippen LogP contribution < -0.4 is 20.3 Å². The molecule has 26 heavy (non-hydrogen) atoms. The summed E-state index contributed by atoms with van der Waals surface area (Å²) < 4.78 is 12.6. The maximum Gasteiger partial charge on any atom is 0.261 e. The van der Waals surface area contributed by atoms with Crippen LogP contribution in [-0.4, -0.2) is 29.7 Å². The van der Waals surface area contributed by atoms with E-state index in [1.165, 1.54) is 25.1 Å². The number of nitrogens with one attached hydrogen (secondary N) is 1. The van der Waals surface area contributed by atoms with E-state index in [0.29, 0.717) is 28.1 Å². The third kappa shape index (κ3) is 3.70. The van der Waals surface area contributed by atoms with E-state index in [1.54, 1.807) is 24.3 Å². The zero-order valence-corrected chi connectivity index (χ0v) is 15.7. The number of amides is 1. The number of fused-ring (bicyclic) bond motifs is 1. The molecule has 0 aliphatic carbocycles. The van der Waals surface area contributed by atoms with Crippen molar-refractivity contribution in [1.82, 2.24) is 9.55 Å². The minimum atomic E-state index is -0.332. The molecule has 0 fully saturated rings. The number of carbonyl (C=O) groups is 1. The van der Waals surface area contributed by atoms with Crippen LogP contribution in [0.3, 0.4) is 0 Å². The number of carbonyl (C=O) groups excluding carboxylic acids is 1. The Balaban J connectivity index is 1.88. The summed E-state index contributed by atoms with van der Waals surface area (Å²) in [6.45, 7) is -0.147. The number of hydrogen-bond donors (Lipinski definition) is 1. The minimum absolute atomic E-state index is 0.147. The molecule has 1 heterocycles. The number of nitrogens with zero attached hydrogens (tertiary/aromatic N) is 2. The zero-order valence-electron chi connectivity index (χ0n) is 14.2. The first-order chi connectivity index (χ1) is 12.5. The molecule has 134 valence electrons. The fourth-order valence-corrected chi connectivity index (χ4v) is 2.75. The zero-order chi connectivity index (χ0) is 18.7. The molecule has 3 aromatic rings. The molecule has 0 atom stereocenters. The van der Waals surface area contributed by atoms with Crippen molar-refractivity contribution in [2.24, 2.45) is 0 Å². The second-order valence-corrected chi connectivity index (χ2v) is 6.37. The van der Waals surface area contributed by atoms with E-state index < -0.39 is 0 Å². The first-order valence-corrected chi connectivity index (χ1v) is 8.47. The quantitative estimate of drug-likeness (QED) is 0.689. The average molecular weight is 418 g/mol. The molecule has 0 spiro atoms. The molecule has 0 saturated heterocycles. The van der Waals surface area contributed by atoms with Crippen LogP contribution in [0, 0.1) is 0 Å².